The summed E-state index contributed by atoms with van der Waals surface area (Å²) in [5.74, 6) is 0.500. The fraction of sp³-hybridized carbons (Fsp3) is 0.0556. The minimum atomic E-state index is 0.0245. The van der Waals surface area contributed by atoms with Crippen LogP contribution in [0.3, 0.4) is 0 Å². The zero-order chi connectivity index (χ0) is 18.3. The molecule has 1 aliphatic rings. The molecule has 0 saturated heterocycles. The van der Waals surface area contributed by atoms with Crippen molar-refractivity contribution >= 4 is 51.9 Å². The molecule has 4 rings (SSSR count). The number of aliphatic hydroxyl groups is 1. The lowest BCUT2D eigenvalue weighted by atomic mass is 10.2. The predicted octanol–water partition coefficient (Wildman–Crippen LogP) is 4.47. The van der Waals surface area contributed by atoms with Crippen LogP contribution in [0.2, 0.25) is 10.0 Å². The maximum atomic E-state index is 10.3. The van der Waals surface area contributed by atoms with Crippen molar-refractivity contribution in [3.63, 3.8) is 0 Å². The van der Waals surface area contributed by atoms with Crippen LogP contribution in [-0.2, 0) is 0 Å². The molecule has 0 spiro atoms. The molecule has 0 amide bonds. The molecule has 8 heteroatoms. The molecule has 1 aliphatic heterocycles. The summed E-state index contributed by atoms with van der Waals surface area (Å²) in [6, 6.07) is 12.7. The zero-order valence-electron chi connectivity index (χ0n) is 13.4. The van der Waals surface area contributed by atoms with Crippen LogP contribution in [0.4, 0.5) is 0 Å². The first kappa shape index (κ1) is 16.6. The summed E-state index contributed by atoms with van der Waals surface area (Å²) in [5, 5.41) is 25.2. The Labute approximate surface area is 158 Å². The number of fused-ring (bicyclic) bond motifs is 1. The van der Waals surface area contributed by atoms with Crippen molar-refractivity contribution in [2.75, 3.05) is 6.54 Å². The molecule has 6 nitrogen and oxygen atoms in total. The van der Waals surface area contributed by atoms with E-state index in [1.165, 1.54) is 11.2 Å². The smallest absolute Gasteiger partial charge is 0.156 e. The molecule has 2 heterocycles. The number of aromatic amines is 1. The average Bonchev–Trinajstić information content (AvgIpc) is 3.14. The van der Waals surface area contributed by atoms with E-state index in [2.05, 4.69) is 15.1 Å². The summed E-state index contributed by atoms with van der Waals surface area (Å²) in [6.07, 6.45) is 1.48. The van der Waals surface area contributed by atoms with Gasteiger partial charge in [0.1, 0.15) is 23.7 Å². The maximum absolute atomic E-state index is 10.3. The van der Waals surface area contributed by atoms with E-state index in [0.717, 1.165) is 11.0 Å². The van der Waals surface area contributed by atoms with Gasteiger partial charge in [0.05, 0.1) is 27.3 Å². The number of benzene rings is 2. The van der Waals surface area contributed by atoms with Crippen molar-refractivity contribution in [2.24, 2.45) is 5.10 Å². The molecule has 1 aromatic heterocycles. The lowest BCUT2D eigenvalue weighted by Crippen LogP contribution is -2.21. The van der Waals surface area contributed by atoms with Gasteiger partial charge in [0, 0.05) is 5.56 Å². The van der Waals surface area contributed by atoms with Gasteiger partial charge in [-0.1, -0.05) is 41.4 Å². The van der Waals surface area contributed by atoms with E-state index in [4.69, 9.17) is 28.6 Å². The highest BCUT2D eigenvalue weighted by Gasteiger charge is 2.30. The first-order chi connectivity index (χ1) is 12.5. The van der Waals surface area contributed by atoms with E-state index in [-0.39, 0.29) is 18.1 Å². The number of imidazole rings is 1. The second kappa shape index (κ2) is 6.48. The molecule has 0 aliphatic carbocycles. The van der Waals surface area contributed by atoms with Gasteiger partial charge in [0.2, 0.25) is 0 Å². The van der Waals surface area contributed by atoms with Crippen LogP contribution in [0.25, 0.3) is 16.6 Å². The van der Waals surface area contributed by atoms with Crippen molar-refractivity contribution < 1.29 is 5.11 Å². The van der Waals surface area contributed by atoms with Gasteiger partial charge in [0.15, 0.2) is 5.84 Å². The van der Waals surface area contributed by atoms with Gasteiger partial charge in [-0.25, -0.2) is 9.99 Å². The second-order valence-electron chi connectivity index (χ2n) is 5.71. The summed E-state index contributed by atoms with van der Waals surface area (Å²) in [5.41, 5.74) is 2.48. The van der Waals surface area contributed by atoms with Crippen LogP contribution >= 0.6 is 23.2 Å². The largest absolute Gasteiger partial charge is 0.509 e. The van der Waals surface area contributed by atoms with E-state index in [9.17, 15) is 5.11 Å². The summed E-state index contributed by atoms with van der Waals surface area (Å²) < 4.78 is 0. The molecule has 0 radical (unpaired) electrons. The number of H-pyrrole nitrogens is 1. The molecule has 0 bridgehead atoms. The normalized spacial score (nSPS) is 15.0. The molecule has 3 aromatic rings. The third kappa shape index (κ3) is 2.83. The van der Waals surface area contributed by atoms with Gasteiger partial charge in [0.25, 0.3) is 0 Å². The highest BCUT2D eigenvalue weighted by molar-refractivity contribution is 6.38. The number of hydrogen-bond acceptors (Lipinski definition) is 4. The van der Waals surface area contributed by atoms with Crippen molar-refractivity contribution in [1.82, 2.24) is 15.0 Å². The van der Waals surface area contributed by atoms with Crippen LogP contribution in [0.1, 0.15) is 11.4 Å². The zero-order valence-corrected chi connectivity index (χ0v) is 14.9. The van der Waals surface area contributed by atoms with Gasteiger partial charge in [-0.3, -0.25) is 5.41 Å². The Morgan fingerprint density at radius 2 is 1.88 bits per heavy atom. The Morgan fingerprint density at radius 3 is 2.62 bits per heavy atom. The lowest BCUT2D eigenvalue weighted by Gasteiger charge is -2.11. The van der Waals surface area contributed by atoms with Crippen LogP contribution in [0.15, 0.2) is 53.3 Å². The van der Waals surface area contributed by atoms with E-state index in [1.807, 2.05) is 24.3 Å². The molecular weight excluding hydrogens is 373 g/mol. The van der Waals surface area contributed by atoms with Gasteiger partial charge >= 0.3 is 0 Å². The number of para-hydroxylation sites is 2. The van der Waals surface area contributed by atoms with E-state index in [1.54, 1.807) is 18.2 Å². The minimum Gasteiger partial charge on any atom is -0.509 e. The molecule has 130 valence electrons. The van der Waals surface area contributed by atoms with Gasteiger partial charge in [-0.15, -0.1) is 0 Å². The number of hydrogen-bond donors (Lipinski definition) is 3. The molecule has 0 saturated carbocycles. The number of aromatic nitrogens is 2. The topological polar surface area (TPSA) is 88.4 Å². The maximum Gasteiger partial charge on any atom is 0.156 e. The minimum absolute atomic E-state index is 0.0245. The number of halogens is 2. The molecular formula is C18H13Cl2N5O. The van der Waals surface area contributed by atoms with Crippen molar-refractivity contribution in [1.29, 1.82) is 5.41 Å². The predicted molar refractivity (Wildman–Crippen MR) is 104 cm³/mol. The summed E-state index contributed by atoms with van der Waals surface area (Å²) in [4.78, 5) is 7.56. The Morgan fingerprint density at radius 1 is 1.15 bits per heavy atom. The van der Waals surface area contributed by atoms with Gasteiger partial charge in [-0.05, 0) is 24.3 Å². The average molecular weight is 386 g/mol. The van der Waals surface area contributed by atoms with E-state index in [0.29, 0.717) is 27.0 Å². The fourth-order valence-corrected chi connectivity index (χ4v) is 3.24. The number of rotatable bonds is 3. The van der Waals surface area contributed by atoms with Crippen LogP contribution < -0.4 is 0 Å². The van der Waals surface area contributed by atoms with Crippen molar-refractivity contribution in [3.8, 4) is 0 Å². The summed E-state index contributed by atoms with van der Waals surface area (Å²) in [6.45, 7) is 0.0732. The van der Waals surface area contributed by atoms with Gasteiger partial charge < -0.3 is 10.1 Å². The van der Waals surface area contributed by atoms with Crippen LogP contribution in [0, 0.1) is 5.41 Å². The Balaban J connectivity index is 1.63. The second-order valence-corrected chi connectivity index (χ2v) is 6.52. The van der Waals surface area contributed by atoms with Gasteiger partial charge in [-0.2, -0.15) is 5.10 Å². The SMILES string of the molecule is N=C1C(c2nc3ccccc3[nH]2)=C(O)CN1/N=C/c1c(Cl)cccc1Cl. The molecule has 26 heavy (non-hydrogen) atoms. The van der Waals surface area contributed by atoms with Crippen molar-refractivity contribution in [3.05, 3.63) is 69.7 Å². The van der Waals surface area contributed by atoms with Crippen LogP contribution in [-0.4, -0.2) is 38.7 Å². The first-order valence-electron chi connectivity index (χ1n) is 7.76. The Hall–Kier alpha value is -2.83. The number of nitrogens with zero attached hydrogens (tertiary/aromatic N) is 3. The third-order valence-corrected chi connectivity index (χ3v) is 4.69. The summed E-state index contributed by atoms with van der Waals surface area (Å²) >= 11 is 12.3. The van der Waals surface area contributed by atoms with Crippen molar-refractivity contribution in [2.45, 2.75) is 0 Å². The van der Waals surface area contributed by atoms with E-state index >= 15 is 0 Å². The lowest BCUT2D eigenvalue weighted by molar-refractivity contribution is 0.358. The Kier molecular flexibility index (Phi) is 4.14. The monoisotopic (exact) mass is 385 g/mol. The number of amidine groups is 1. The molecule has 0 fully saturated rings. The fourth-order valence-electron chi connectivity index (χ4n) is 2.75. The first-order valence-corrected chi connectivity index (χ1v) is 8.52. The molecule has 0 unspecified atom stereocenters. The standard InChI is InChI=1S/C18H13Cl2N5O/c19-11-4-3-5-12(20)10(11)8-22-25-9-15(26)16(17(25)21)18-23-13-6-1-2-7-14(13)24-18/h1-8,21,26H,9H2,(H,23,24)/b21-17?,22-8+. The summed E-state index contributed by atoms with van der Waals surface area (Å²) in [7, 11) is 0. The quantitative estimate of drug-likeness (QED) is 0.581. The van der Waals surface area contributed by atoms with Crippen LogP contribution in [0.5, 0.6) is 0 Å². The molecule has 3 N–H and O–H groups in total. The third-order valence-electron chi connectivity index (χ3n) is 4.04. The molecule has 2 aromatic carbocycles. The number of hydrazone groups is 1. The Bertz CT molecular complexity index is 1030. The molecule has 0 atom stereocenters. The number of nitrogens with one attached hydrogen (secondary N) is 2. The highest BCUT2D eigenvalue weighted by atomic mass is 35.5. The van der Waals surface area contributed by atoms with E-state index < -0.39 is 0 Å². The number of aliphatic hydroxyl groups excluding tert-OH is 1. The highest BCUT2D eigenvalue weighted by Crippen LogP contribution is 2.28.